The van der Waals surface area contributed by atoms with Gasteiger partial charge in [-0.25, -0.2) is 0 Å². The second-order valence-corrected chi connectivity index (χ2v) is 6.48. The molecule has 3 rings (SSSR count). The number of rotatable bonds is 7. The van der Waals surface area contributed by atoms with Crippen LogP contribution in [0.25, 0.3) is 11.6 Å². The van der Waals surface area contributed by atoms with Crippen LogP contribution in [0.2, 0.25) is 0 Å². The molecular weight excluding hydrogens is 354 g/mol. The fraction of sp³-hybridized carbons (Fsp3) is 0.176. The van der Waals surface area contributed by atoms with Gasteiger partial charge in [-0.15, -0.1) is 10.2 Å². The molecule has 3 aromatic rings. The van der Waals surface area contributed by atoms with E-state index in [0.29, 0.717) is 16.7 Å². The lowest BCUT2D eigenvalue weighted by Crippen LogP contribution is -2.20. The van der Waals surface area contributed by atoms with E-state index in [-0.39, 0.29) is 18.2 Å². The maximum Gasteiger partial charge on any atom is 0.237 e. The van der Waals surface area contributed by atoms with Gasteiger partial charge in [0.15, 0.2) is 10.9 Å². The highest BCUT2D eigenvalue weighted by atomic mass is 32.2. The number of nitrogens with two attached hydrogens (primary N) is 1. The third-order valence-electron chi connectivity index (χ3n) is 3.41. The smallest absolute Gasteiger partial charge is 0.237 e. The number of aromatic nitrogens is 3. The van der Waals surface area contributed by atoms with Crippen molar-refractivity contribution in [1.82, 2.24) is 14.8 Å². The zero-order chi connectivity index (χ0) is 18.5. The average Bonchev–Trinajstić information content (AvgIpc) is 3.22. The van der Waals surface area contributed by atoms with Crippen LogP contribution in [0, 0.1) is 6.92 Å². The molecule has 0 atom stereocenters. The van der Waals surface area contributed by atoms with Gasteiger partial charge in [-0.2, -0.15) is 0 Å². The van der Waals surface area contributed by atoms with Crippen LogP contribution in [-0.2, 0) is 16.1 Å². The number of amides is 2. The number of anilines is 1. The molecule has 2 aromatic heterocycles. The van der Waals surface area contributed by atoms with E-state index < -0.39 is 5.91 Å². The predicted molar refractivity (Wildman–Crippen MR) is 97.5 cm³/mol. The van der Waals surface area contributed by atoms with Crippen LogP contribution in [0.4, 0.5) is 5.69 Å². The van der Waals surface area contributed by atoms with Gasteiger partial charge in [-0.3, -0.25) is 14.2 Å². The summed E-state index contributed by atoms with van der Waals surface area (Å²) in [6.45, 7) is 1.84. The van der Waals surface area contributed by atoms with Gasteiger partial charge in [0.25, 0.3) is 0 Å². The molecule has 1 aromatic carbocycles. The minimum atomic E-state index is -0.538. The van der Waals surface area contributed by atoms with Crippen LogP contribution in [-0.4, -0.2) is 32.3 Å². The zero-order valence-electron chi connectivity index (χ0n) is 14.0. The van der Waals surface area contributed by atoms with Gasteiger partial charge in [0.2, 0.25) is 17.6 Å². The van der Waals surface area contributed by atoms with Crippen molar-refractivity contribution in [3.05, 3.63) is 48.2 Å². The lowest BCUT2D eigenvalue weighted by Gasteiger charge is -2.08. The SMILES string of the molecule is Cc1cccc(NC(=O)CSc2nnc(-c3ccco3)n2CC(N)=O)c1. The molecule has 0 aliphatic rings. The predicted octanol–water partition coefficient (Wildman–Crippen LogP) is 2.06. The summed E-state index contributed by atoms with van der Waals surface area (Å²) in [5.41, 5.74) is 7.10. The summed E-state index contributed by atoms with van der Waals surface area (Å²) in [5.74, 6) is 0.242. The minimum Gasteiger partial charge on any atom is -0.461 e. The second kappa shape index (κ2) is 7.87. The number of primary amides is 1. The molecule has 2 heterocycles. The molecule has 0 saturated heterocycles. The van der Waals surface area contributed by atoms with Crippen LogP contribution >= 0.6 is 11.8 Å². The fourth-order valence-electron chi connectivity index (χ4n) is 2.33. The van der Waals surface area contributed by atoms with Crippen molar-refractivity contribution in [1.29, 1.82) is 0 Å². The molecular formula is C17H17N5O3S. The monoisotopic (exact) mass is 371 g/mol. The van der Waals surface area contributed by atoms with Crippen molar-refractivity contribution in [3.8, 4) is 11.6 Å². The van der Waals surface area contributed by atoms with E-state index in [1.807, 2.05) is 31.2 Å². The Bertz CT molecular complexity index is 920. The topological polar surface area (TPSA) is 116 Å². The van der Waals surface area contributed by atoms with Crippen LogP contribution in [0.1, 0.15) is 5.56 Å². The molecule has 26 heavy (non-hydrogen) atoms. The molecule has 3 N–H and O–H groups in total. The lowest BCUT2D eigenvalue weighted by molar-refractivity contribution is -0.118. The summed E-state index contributed by atoms with van der Waals surface area (Å²) in [7, 11) is 0. The van der Waals surface area contributed by atoms with E-state index in [9.17, 15) is 9.59 Å². The van der Waals surface area contributed by atoms with E-state index in [2.05, 4.69) is 15.5 Å². The molecule has 8 nitrogen and oxygen atoms in total. The van der Waals surface area contributed by atoms with E-state index in [4.69, 9.17) is 10.2 Å². The highest BCUT2D eigenvalue weighted by Crippen LogP contribution is 2.24. The number of carbonyl (C=O) groups excluding carboxylic acids is 2. The Morgan fingerprint density at radius 2 is 2.12 bits per heavy atom. The van der Waals surface area contributed by atoms with Gasteiger partial charge in [-0.05, 0) is 36.8 Å². The Hall–Kier alpha value is -3.07. The van der Waals surface area contributed by atoms with Gasteiger partial charge in [-0.1, -0.05) is 23.9 Å². The molecule has 0 saturated carbocycles. The highest BCUT2D eigenvalue weighted by Gasteiger charge is 2.18. The number of furan rings is 1. The average molecular weight is 371 g/mol. The Morgan fingerprint density at radius 3 is 2.81 bits per heavy atom. The number of nitrogens with one attached hydrogen (secondary N) is 1. The molecule has 0 aliphatic carbocycles. The molecule has 2 amide bonds. The number of thioether (sulfide) groups is 1. The number of nitrogens with zero attached hydrogens (tertiary/aromatic N) is 3. The van der Waals surface area contributed by atoms with Crippen LogP contribution < -0.4 is 11.1 Å². The minimum absolute atomic E-state index is 0.106. The van der Waals surface area contributed by atoms with Crippen LogP contribution in [0.5, 0.6) is 0 Å². The van der Waals surface area contributed by atoms with E-state index in [1.54, 1.807) is 12.1 Å². The summed E-state index contributed by atoms with van der Waals surface area (Å²) < 4.78 is 6.84. The molecule has 0 radical (unpaired) electrons. The Kier molecular flexibility index (Phi) is 5.37. The number of hydrogen-bond acceptors (Lipinski definition) is 6. The first-order chi connectivity index (χ1) is 12.5. The summed E-state index contributed by atoms with van der Waals surface area (Å²) in [4.78, 5) is 23.5. The Balaban J connectivity index is 1.71. The third kappa shape index (κ3) is 4.31. The quantitative estimate of drug-likeness (QED) is 0.614. The maximum absolute atomic E-state index is 12.2. The van der Waals surface area contributed by atoms with E-state index >= 15 is 0 Å². The summed E-state index contributed by atoms with van der Waals surface area (Å²) in [6.07, 6.45) is 1.50. The van der Waals surface area contributed by atoms with Gasteiger partial charge in [0, 0.05) is 5.69 Å². The zero-order valence-corrected chi connectivity index (χ0v) is 14.8. The fourth-order valence-corrected chi connectivity index (χ4v) is 3.07. The number of hydrogen-bond donors (Lipinski definition) is 2. The summed E-state index contributed by atoms with van der Waals surface area (Å²) in [5, 5.41) is 11.3. The maximum atomic E-state index is 12.2. The van der Waals surface area contributed by atoms with Gasteiger partial charge < -0.3 is 15.5 Å². The molecule has 0 aliphatic heterocycles. The number of carbonyl (C=O) groups is 2. The molecule has 0 spiro atoms. The van der Waals surface area contributed by atoms with E-state index in [0.717, 1.165) is 11.3 Å². The molecule has 9 heteroatoms. The van der Waals surface area contributed by atoms with Crippen molar-refractivity contribution in [2.24, 2.45) is 5.73 Å². The first-order valence-electron chi connectivity index (χ1n) is 7.77. The molecule has 0 unspecified atom stereocenters. The first kappa shape index (κ1) is 17.7. The van der Waals surface area contributed by atoms with Crippen molar-refractivity contribution < 1.29 is 14.0 Å². The Labute approximate surface area is 153 Å². The lowest BCUT2D eigenvalue weighted by atomic mass is 10.2. The normalized spacial score (nSPS) is 10.7. The molecule has 134 valence electrons. The third-order valence-corrected chi connectivity index (χ3v) is 4.37. The largest absolute Gasteiger partial charge is 0.461 e. The van der Waals surface area contributed by atoms with Crippen molar-refractivity contribution in [2.75, 3.05) is 11.1 Å². The number of aryl methyl sites for hydroxylation is 1. The number of benzene rings is 1. The van der Waals surface area contributed by atoms with E-state index in [1.165, 1.54) is 22.6 Å². The van der Waals surface area contributed by atoms with Gasteiger partial charge in [0.1, 0.15) is 6.54 Å². The van der Waals surface area contributed by atoms with Crippen LogP contribution in [0.3, 0.4) is 0 Å². The van der Waals surface area contributed by atoms with Crippen molar-refractivity contribution in [2.45, 2.75) is 18.6 Å². The molecule has 0 fully saturated rings. The standard InChI is InChI=1S/C17H17N5O3S/c1-11-4-2-5-12(8-11)19-15(24)10-26-17-21-20-16(13-6-3-7-25-13)22(17)9-14(18)23/h2-8H,9-10H2,1H3,(H2,18,23)(H,19,24). The first-order valence-corrected chi connectivity index (χ1v) is 8.76. The second-order valence-electron chi connectivity index (χ2n) is 5.54. The van der Waals surface area contributed by atoms with Gasteiger partial charge in [0.05, 0.1) is 12.0 Å². The molecule has 0 bridgehead atoms. The van der Waals surface area contributed by atoms with Crippen molar-refractivity contribution >= 4 is 29.3 Å². The summed E-state index contributed by atoms with van der Waals surface area (Å²) >= 11 is 1.17. The van der Waals surface area contributed by atoms with Crippen LogP contribution in [0.15, 0.2) is 52.2 Å². The van der Waals surface area contributed by atoms with Crippen molar-refractivity contribution in [3.63, 3.8) is 0 Å². The summed E-state index contributed by atoms with van der Waals surface area (Å²) in [6, 6.07) is 10.9. The van der Waals surface area contributed by atoms with Gasteiger partial charge >= 0.3 is 0 Å². The Morgan fingerprint density at radius 1 is 1.27 bits per heavy atom. The highest BCUT2D eigenvalue weighted by molar-refractivity contribution is 7.99.